The molecule has 3 aromatic carbocycles. The molecule has 0 aliphatic rings. The minimum Gasteiger partial charge on any atom is -0.494 e. The summed E-state index contributed by atoms with van der Waals surface area (Å²) in [6.45, 7) is 0. The summed E-state index contributed by atoms with van der Waals surface area (Å²) >= 11 is 0. The second-order valence-corrected chi connectivity index (χ2v) is 6.84. The standard InChI is InChI=1S/C25H19FN2O4/c1-31-21-13-12-18(14-20(21)26)24(29)27-28-25(30)23-22(17-10-6-3-7-11-17)19(15-32-23)16-8-4-2-5-9-16/h2-15H,1H3,(H,27,29)(H,28,30). The van der Waals surface area contributed by atoms with Gasteiger partial charge < -0.3 is 9.15 Å². The number of rotatable bonds is 5. The van der Waals surface area contributed by atoms with E-state index in [2.05, 4.69) is 10.9 Å². The van der Waals surface area contributed by atoms with Gasteiger partial charge in [-0.05, 0) is 29.3 Å². The fraction of sp³-hybridized carbons (Fsp3) is 0.0400. The van der Waals surface area contributed by atoms with Crippen LogP contribution in [0.4, 0.5) is 4.39 Å². The summed E-state index contributed by atoms with van der Waals surface area (Å²) in [6, 6.07) is 22.6. The number of nitrogens with one attached hydrogen (secondary N) is 2. The summed E-state index contributed by atoms with van der Waals surface area (Å²) < 4.78 is 24.3. The van der Waals surface area contributed by atoms with Gasteiger partial charge in [-0.25, -0.2) is 4.39 Å². The van der Waals surface area contributed by atoms with Gasteiger partial charge in [-0.3, -0.25) is 20.4 Å². The number of halogens is 1. The Morgan fingerprint density at radius 3 is 2.09 bits per heavy atom. The predicted octanol–water partition coefficient (Wildman–Crippen LogP) is 4.84. The Kier molecular flexibility index (Phi) is 5.98. The molecular formula is C25H19FN2O4. The number of benzene rings is 3. The second-order valence-electron chi connectivity index (χ2n) is 6.84. The summed E-state index contributed by atoms with van der Waals surface area (Å²) in [4.78, 5) is 25.2. The summed E-state index contributed by atoms with van der Waals surface area (Å²) in [7, 11) is 1.33. The van der Waals surface area contributed by atoms with Crippen molar-refractivity contribution in [2.24, 2.45) is 0 Å². The normalized spacial score (nSPS) is 10.4. The lowest BCUT2D eigenvalue weighted by Crippen LogP contribution is -2.41. The molecule has 0 aliphatic heterocycles. The molecule has 0 radical (unpaired) electrons. The van der Waals surface area contributed by atoms with Crippen LogP contribution in [0.2, 0.25) is 0 Å². The molecule has 0 saturated carbocycles. The van der Waals surface area contributed by atoms with E-state index in [0.717, 1.165) is 22.8 Å². The Hall–Kier alpha value is -4.39. The molecule has 4 rings (SSSR count). The van der Waals surface area contributed by atoms with Gasteiger partial charge in [0.15, 0.2) is 11.6 Å². The molecule has 0 aliphatic carbocycles. The molecule has 1 aromatic heterocycles. The molecule has 6 nitrogen and oxygen atoms in total. The topological polar surface area (TPSA) is 80.6 Å². The first-order chi connectivity index (χ1) is 15.6. The van der Waals surface area contributed by atoms with E-state index in [1.54, 1.807) is 0 Å². The number of methoxy groups -OCH3 is 1. The van der Waals surface area contributed by atoms with E-state index in [4.69, 9.17) is 9.15 Å². The molecule has 7 heteroatoms. The number of amides is 2. The summed E-state index contributed by atoms with van der Waals surface area (Å²) in [5.74, 6) is -1.96. The predicted molar refractivity (Wildman–Crippen MR) is 117 cm³/mol. The molecule has 0 saturated heterocycles. The van der Waals surface area contributed by atoms with E-state index in [1.165, 1.54) is 25.5 Å². The average molecular weight is 430 g/mol. The van der Waals surface area contributed by atoms with E-state index in [0.29, 0.717) is 5.56 Å². The molecule has 0 spiro atoms. The van der Waals surface area contributed by atoms with Gasteiger partial charge in [-0.2, -0.15) is 0 Å². The lowest BCUT2D eigenvalue weighted by atomic mass is 9.96. The average Bonchev–Trinajstić information content (AvgIpc) is 3.28. The second kappa shape index (κ2) is 9.18. The third-order valence-electron chi connectivity index (χ3n) is 4.85. The van der Waals surface area contributed by atoms with Crippen molar-refractivity contribution in [3.05, 3.63) is 102 Å². The summed E-state index contributed by atoms with van der Waals surface area (Å²) in [5, 5.41) is 0. The van der Waals surface area contributed by atoms with Crippen molar-refractivity contribution in [2.75, 3.05) is 7.11 Å². The maximum atomic E-state index is 13.9. The van der Waals surface area contributed by atoms with Crippen LogP contribution < -0.4 is 15.6 Å². The smallest absolute Gasteiger partial charge is 0.306 e. The number of hydrogen-bond donors (Lipinski definition) is 2. The number of hydrogen-bond acceptors (Lipinski definition) is 4. The van der Waals surface area contributed by atoms with E-state index >= 15 is 0 Å². The first-order valence-electron chi connectivity index (χ1n) is 9.75. The van der Waals surface area contributed by atoms with Crippen LogP contribution in [0.3, 0.4) is 0 Å². The summed E-state index contributed by atoms with van der Waals surface area (Å²) in [6.07, 6.45) is 1.51. The van der Waals surface area contributed by atoms with Crippen LogP contribution in [0, 0.1) is 5.82 Å². The zero-order chi connectivity index (χ0) is 22.5. The van der Waals surface area contributed by atoms with Crippen molar-refractivity contribution in [3.63, 3.8) is 0 Å². The van der Waals surface area contributed by atoms with Crippen LogP contribution in [0.25, 0.3) is 22.3 Å². The largest absolute Gasteiger partial charge is 0.494 e. The Labute approximate surface area is 183 Å². The van der Waals surface area contributed by atoms with Gasteiger partial charge in [0.25, 0.3) is 5.91 Å². The molecule has 32 heavy (non-hydrogen) atoms. The highest BCUT2D eigenvalue weighted by Gasteiger charge is 2.23. The van der Waals surface area contributed by atoms with Gasteiger partial charge in [-0.15, -0.1) is 0 Å². The molecule has 2 N–H and O–H groups in total. The SMILES string of the molecule is COc1ccc(C(=O)NNC(=O)c2occ(-c3ccccc3)c2-c2ccccc2)cc1F. The van der Waals surface area contributed by atoms with Crippen molar-refractivity contribution in [1.82, 2.24) is 10.9 Å². The van der Waals surface area contributed by atoms with E-state index in [1.807, 2.05) is 60.7 Å². The molecule has 160 valence electrons. The van der Waals surface area contributed by atoms with Crippen LogP contribution in [0.1, 0.15) is 20.9 Å². The first kappa shape index (κ1) is 20.9. The van der Waals surface area contributed by atoms with Gasteiger partial charge in [0, 0.05) is 16.7 Å². The minimum absolute atomic E-state index is 0.0158. The van der Waals surface area contributed by atoms with Crippen LogP contribution in [-0.4, -0.2) is 18.9 Å². The van der Waals surface area contributed by atoms with Crippen molar-refractivity contribution >= 4 is 11.8 Å². The lowest BCUT2D eigenvalue weighted by Gasteiger charge is -2.09. The molecular weight excluding hydrogens is 411 g/mol. The summed E-state index contributed by atoms with van der Waals surface area (Å²) in [5.41, 5.74) is 7.65. The van der Waals surface area contributed by atoms with Gasteiger partial charge in [0.2, 0.25) is 5.76 Å². The van der Waals surface area contributed by atoms with E-state index in [-0.39, 0.29) is 17.1 Å². The van der Waals surface area contributed by atoms with Crippen molar-refractivity contribution < 1.29 is 23.1 Å². The highest BCUT2D eigenvalue weighted by atomic mass is 19.1. The zero-order valence-corrected chi connectivity index (χ0v) is 17.1. The number of carbonyl (C=O) groups is 2. The van der Waals surface area contributed by atoms with Gasteiger partial charge in [0.05, 0.1) is 13.4 Å². The monoisotopic (exact) mass is 430 g/mol. The molecule has 2 amide bonds. The molecule has 0 unspecified atom stereocenters. The zero-order valence-electron chi connectivity index (χ0n) is 17.1. The van der Waals surface area contributed by atoms with Crippen LogP contribution in [0.15, 0.2) is 89.5 Å². The van der Waals surface area contributed by atoms with Crippen LogP contribution >= 0.6 is 0 Å². The fourth-order valence-corrected chi connectivity index (χ4v) is 3.30. The Morgan fingerprint density at radius 1 is 0.844 bits per heavy atom. The molecule has 4 aromatic rings. The fourth-order valence-electron chi connectivity index (χ4n) is 3.30. The quantitative estimate of drug-likeness (QED) is 0.444. The molecule has 0 fully saturated rings. The molecule has 0 atom stereocenters. The first-order valence-corrected chi connectivity index (χ1v) is 9.75. The van der Waals surface area contributed by atoms with Gasteiger partial charge >= 0.3 is 5.91 Å². The molecule has 0 bridgehead atoms. The third-order valence-corrected chi connectivity index (χ3v) is 4.85. The van der Waals surface area contributed by atoms with E-state index < -0.39 is 17.6 Å². The third kappa shape index (κ3) is 4.22. The highest BCUT2D eigenvalue weighted by Crippen LogP contribution is 2.36. The Bertz CT molecular complexity index is 1250. The number of furan rings is 1. The van der Waals surface area contributed by atoms with Crippen LogP contribution in [0.5, 0.6) is 5.75 Å². The van der Waals surface area contributed by atoms with E-state index in [9.17, 15) is 14.0 Å². The van der Waals surface area contributed by atoms with Gasteiger partial charge in [-0.1, -0.05) is 60.7 Å². The molecule has 1 heterocycles. The lowest BCUT2D eigenvalue weighted by molar-refractivity contribution is 0.0831. The Balaban J connectivity index is 1.59. The van der Waals surface area contributed by atoms with Crippen molar-refractivity contribution in [2.45, 2.75) is 0 Å². The van der Waals surface area contributed by atoms with Gasteiger partial charge in [0.1, 0.15) is 0 Å². The van der Waals surface area contributed by atoms with Crippen molar-refractivity contribution in [1.29, 1.82) is 0 Å². The van der Waals surface area contributed by atoms with Crippen molar-refractivity contribution in [3.8, 4) is 28.0 Å². The number of hydrazine groups is 1. The Morgan fingerprint density at radius 2 is 1.47 bits per heavy atom. The maximum Gasteiger partial charge on any atom is 0.306 e. The number of carbonyl (C=O) groups excluding carboxylic acids is 2. The highest BCUT2D eigenvalue weighted by molar-refractivity contribution is 6.04. The maximum absolute atomic E-state index is 13.9. The van der Waals surface area contributed by atoms with Crippen LogP contribution in [-0.2, 0) is 0 Å². The number of ether oxygens (including phenoxy) is 1. The minimum atomic E-state index is -0.684.